The first-order valence-corrected chi connectivity index (χ1v) is 8.35. The van der Waals surface area contributed by atoms with Crippen LogP contribution in [0.5, 0.6) is 0 Å². The van der Waals surface area contributed by atoms with Gasteiger partial charge in [-0.1, -0.05) is 12.5 Å². The van der Waals surface area contributed by atoms with E-state index in [1.807, 2.05) is 29.2 Å². The van der Waals surface area contributed by atoms with E-state index in [0.29, 0.717) is 25.2 Å². The molecule has 1 aromatic rings. The van der Waals surface area contributed by atoms with Crippen LogP contribution >= 0.6 is 0 Å². The fraction of sp³-hybridized carbons (Fsp3) is 0.529. The molecule has 0 aromatic heterocycles. The average Bonchev–Trinajstić information content (AvgIpc) is 2.79. The van der Waals surface area contributed by atoms with Gasteiger partial charge in [0.2, 0.25) is 0 Å². The molecule has 3 amide bonds. The van der Waals surface area contributed by atoms with Crippen LogP contribution in [-0.2, 0) is 0 Å². The van der Waals surface area contributed by atoms with Crippen molar-refractivity contribution in [3.8, 4) is 0 Å². The molecule has 2 heterocycles. The van der Waals surface area contributed by atoms with Crippen LogP contribution in [0.3, 0.4) is 0 Å². The normalized spacial score (nSPS) is 22.5. The van der Waals surface area contributed by atoms with Gasteiger partial charge in [0.25, 0.3) is 5.91 Å². The third kappa shape index (κ3) is 3.64. The fourth-order valence-corrected chi connectivity index (χ4v) is 3.22. The standard InChI is InChI=1S/C17H24N4O2/c18-14-6-1-2-9-20(12-14)16(22)13-5-3-7-15(11-13)21-10-4-8-19-17(21)23/h3,5,7,11,14H,1-2,4,6,8-10,12,18H2,(H,19,23). The van der Waals surface area contributed by atoms with Crippen molar-refractivity contribution in [3.63, 3.8) is 0 Å². The monoisotopic (exact) mass is 316 g/mol. The second-order valence-electron chi connectivity index (χ2n) is 6.29. The highest BCUT2D eigenvalue weighted by atomic mass is 16.2. The first-order valence-electron chi connectivity index (χ1n) is 8.35. The molecule has 1 atom stereocenters. The summed E-state index contributed by atoms with van der Waals surface area (Å²) in [6.45, 7) is 2.74. The number of rotatable bonds is 2. The van der Waals surface area contributed by atoms with Crippen LogP contribution in [0, 0.1) is 0 Å². The zero-order chi connectivity index (χ0) is 16.2. The van der Waals surface area contributed by atoms with Crippen LogP contribution < -0.4 is 16.0 Å². The van der Waals surface area contributed by atoms with Crippen molar-refractivity contribution in [1.29, 1.82) is 0 Å². The summed E-state index contributed by atoms with van der Waals surface area (Å²) < 4.78 is 0. The molecule has 23 heavy (non-hydrogen) atoms. The van der Waals surface area contributed by atoms with Gasteiger partial charge < -0.3 is 16.0 Å². The van der Waals surface area contributed by atoms with Crippen molar-refractivity contribution in [2.45, 2.75) is 31.7 Å². The molecule has 1 aromatic carbocycles. The Morgan fingerprint density at radius 3 is 2.91 bits per heavy atom. The first-order chi connectivity index (χ1) is 11.1. The maximum Gasteiger partial charge on any atom is 0.321 e. The van der Waals surface area contributed by atoms with Crippen molar-refractivity contribution in [2.24, 2.45) is 5.73 Å². The largest absolute Gasteiger partial charge is 0.338 e. The van der Waals surface area contributed by atoms with Crippen molar-refractivity contribution < 1.29 is 9.59 Å². The molecule has 2 fully saturated rings. The SMILES string of the molecule is NC1CCCCN(C(=O)c2cccc(N3CCCNC3=O)c2)C1. The lowest BCUT2D eigenvalue weighted by atomic mass is 10.1. The van der Waals surface area contributed by atoms with E-state index in [4.69, 9.17) is 5.73 Å². The first kappa shape index (κ1) is 15.8. The van der Waals surface area contributed by atoms with Gasteiger partial charge in [-0.2, -0.15) is 0 Å². The van der Waals surface area contributed by atoms with Gasteiger partial charge in [0.1, 0.15) is 0 Å². The smallest absolute Gasteiger partial charge is 0.321 e. The Morgan fingerprint density at radius 2 is 2.09 bits per heavy atom. The van der Waals surface area contributed by atoms with Crippen molar-refractivity contribution >= 4 is 17.6 Å². The van der Waals surface area contributed by atoms with Crippen LogP contribution in [0.15, 0.2) is 24.3 Å². The van der Waals surface area contributed by atoms with E-state index in [0.717, 1.165) is 37.9 Å². The van der Waals surface area contributed by atoms with Crippen LogP contribution in [0.25, 0.3) is 0 Å². The van der Waals surface area contributed by atoms with Crippen molar-refractivity contribution in [2.75, 3.05) is 31.1 Å². The average molecular weight is 316 g/mol. The van der Waals surface area contributed by atoms with Gasteiger partial charge in [-0.3, -0.25) is 9.69 Å². The molecule has 2 aliphatic heterocycles. The molecule has 3 rings (SSSR count). The summed E-state index contributed by atoms with van der Waals surface area (Å²) in [4.78, 5) is 28.3. The molecule has 0 bridgehead atoms. The second-order valence-corrected chi connectivity index (χ2v) is 6.29. The summed E-state index contributed by atoms with van der Waals surface area (Å²) in [6, 6.07) is 7.28. The quantitative estimate of drug-likeness (QED) is 0.869. The number of nitrogens with one attached hydrogen (secondary N) is 1. The Labute approximate surface area is 136 Å². The molecule has 0 aliphatic carbocycles. The summed E-state index contributed by atoms with van der Waals surface area (Å²) in [5, 5.41) is 2.83. The number of hydrogen-bond acceptors (Lipinski definition) is 3. The predicted molar refractivity (Wildman–Crippen MR) is 89.5 cm³/mol. The lowest BCUT2D eigenvalue weighted by Crippen LogP contribution is -2.46. The molecule has 6 heteroatoms. The Morgan fingerprint density at radius 1 is 1.22 bits per heavy atom. The van der Waals surface area contributed by atoms with Crippen LogP contribution in [-0.4, -0.2) is 49.1 Å². The van der Waals surface area contributed by atoms with E-state index in [1.165, 1.54) is 0 Å². The number of benzene rings is 1. The van der Waals surface area contributed by atoms with E-state index in [9.17, 15) is 9.59 Å². The number of amides is 3. The Bertz CT molecular complexity index is 590. The molecule has 6 nitrogen and oxygen atoms in total. The molecular weight excluding hydrogens is 292 g/mol. The van der Waals surface area contributed by atoms with Crippen molar-refractivity contribution in [1.82, 2.24) is 10.2 Å². The van der Waals surface area contributed by atoms with E-state index in [-0.39, 0.29) is 18.0 Å². The zero-order valence-electron chi connectivity index (χ0n) is 13.3. The lowest BCUT2D eigenvalue weighted by Gasteiger charge is -2.28. The molecule has 0 spiro atoms. The second kappa shape index (κ2) is 7.00. The number of likely N-dealkylation sites (tertiary alicyclic amines) is 1. The van der Waals surface area contributed by atoms with Gasteiger partial charge in [-0.05, 0) is 37.5 Å². The van der Waals surface area contributed by atoms with Crippen LogP contribution in [0.4, 0.5) is 10.5 Å². The van der Waals surface area contributed by atoms with Gasteiger partial charge in [-0.15, -0.1) is 0 Å². The van der Waals surface area contributed by atoms with E-state index < -0.39 is 0 Å². The van der Waals surface area contributed by atoms with Crippen LogP contribution in [0.1, 0.15) is 36.0 Å². The molecule has 3 N–H and O–H groups in total. The molecule has 2 saturated heterocycles. The molecule has 0 saturated carbocycles. The number of carbonyl (C=O) groups is 2. The highest BCUT2D eigenvalue weighted by Gasteiger charge is 2.23. The lowest BCUT2D eigenvalue weighted by molar-refractivity contribution is 0.0755. The summed E-state index contributed by atoms with van der Waals surface area (Å²) in [5.41, 5.74) is 7.44. The van der Waals surface area contributed by atoms with Gasteiger partial charge in [0, 0.05) is 43.5 Å². The number of nitrogens with two attached hydrogens (primary N) is 1. The highest BCUT2D eigenvalue weighted by Crippen LogP contribution is 2.20. The number of carbonyl (C=O) groups excluding carboxylic acids is 2. The minimum Gasteiger partial charge on any atom is -0.338 e. The van der Waals surface area contributed by atoms with Crippen molar-refractivity contribution in [3.05, 3.63) is 29.8 Å². The predicted octanol–water partition coefficient (Wildman–Crippen LogP) is 1.56. The maximum atomic E-state index is 12.8. The minimum atomic E-state index is -0.0994. The Hall–Kier alpha value is -2.08. The molecule has 124 valence electrons. The molecule has 1 unspecified atom stereocenters. The fourth-order valence-electron chi connectivity index (χ4n) is 3.22. The van der Waals surface area contributed by atoms with Crippen LogP contribution in [0.2, 0.25) is 0 Å². The van der Waals surface area contributed by atoms with E-state index >= 15 is 0 Å². The van der Waals surface area contributed by atoms with E-state index in [2.05, 4.69) is 5.32 Å². The van der Waals surface area contributed by atoms with Gasteiger partial charge in [0.05, 0.1) is 0 Å². The third-order valence-corrected chi connectivity index (χ3v) is 4.48. The number of urea groups is 1. The Balaban J connectivity index is 1.78. The maximum absolute atomic E-state index is 12.8. The third-order valence-electron chi connectivity index (χ3n) is 4.48. The summed E-state index contributed by atoms with van der Waals surface area (Å²) in [7, 11) is 0. The number of anilines is 1. The van der Waals surface area contributed by atoms with Gasteiger partial charge in [0.15, 0.2) is 0 Å². The summed E-state index contributed by atoms with van der Waals surface area (Å²) in [5.74, 6) is 0.00150. The zero-order valence-corrected chi connectivity index (χ0v) is 13.3. The molecular formula is C17H24N4O2. The molecule has 0 radical (unpaired) electrons. The summed E-state index contributed by atoms with van der Waals surface area (Å²) >= 11 is 0. The number of nitrogens with zero attached hydrogens (tertiary/aromatic N) is 2. The summed E-state index contributed by atoms with van der Waals surface area (Å²) in [6.07, 6.45) is 3.94. The van der Waals surface area contributed by atoms with Gasteiger partial charge >= 0.3 is 6.03 Å². The highest BCUT2D eigenvalue weighted by molar-refractivity contribution is 5.98. The minimum absolute atomic E-state index is 0.00150. The van der Waals surface area contributed by atoms with E-state index in [1.54, 1.807) is 4.90 Å². The van der Waals surface area contributed by atoms with Gasteiger partial charge in [-0.25, -0.2) is 4.79 Å². The molecule has 2 aliphatic rings. The topological polar surface area (TPSA) is 78.7 Å². The Kier molecular flexibility index (Phi) is 4.81. The number of hydrogen-bond donors (Lipinski definition) is 2.